The van der Waals surface area contributed by atoms with Crippen molar-refractivity contribution in [1.29, 1.82) is 0 Å². The zero-order valence-electron chi connectivity index (χ0n) is 8.75. The molecule has 0 aromatic carbocycles. The molecule has 0 aliphatic carbocycles. The molecule has 0 aliphatic heterocycles. The standard InChI is InChI=1S/C9H10N4O2S/c1-3-4(2)16-9-5(3)7(14)11-6(12-9)8(15)13-10/h10H2,1-2H3,(H,13,15)(H,11,12,14). The topological polar surface area (TPSA) is 101 Å². The van der Waals surface area contributed by atoms with E-state index in [0.29, 0.717) is 10.2 Å². The van der Waals surface area contributed by atoms with E-state index in [1.807, 2.05) is 19.3 Å². The van der Waals surface area contributed by atoms with E-state index in [-0.39, 0.29) is 11.4 Å². The van der Waals surface area contributed by atoms with Crippen LogP contribution in [-0.4, -0.2) is 15.9 Å². The Balaban J connectivity index is 2.79. The minimum Gasteiger partial charge on any atom is -0.302 e. The van der Waals surface area contributed by atoms with E-state index in [1.165, 1.54) is 11.3 Å². The predicted octanol–water partition coefficient (Wildman–Crippen LogP) is 0.205. The van der Waals surface area contributed by atoms with Crippen LogP contribution in [0.5, 0.6) is 0 Å². The molecule has 0 saturated heterocycles. The number of hydrogen-bond donors (Lipinski definition) is 3. The van der Waals surface area contributed by atoms with Crippen molar-refractivity contribution >= 4 is 27.5 Å². The van der Waals surface area contributed by atoms with Gasteiger partial charge in [0.1, 0.15) is 4.83 Å². The molecule has 4 N–H and O–H groups in total. The van der Waals surface area contributed by atoms with E-state index in [1.54, 1.807) is 0 Å². The first kappa shape index (κ1) is 10.8. The van der Waals surface area contributed by atoms with Gasteiger partial charge < -0.3 is 4.98 Å². The maximum Gasteiger partial charge on any atom is 0.301 e. The van der Waals surface area contributed by atoms with Crippen molar-refractivity contribution in [3.63, 3.8) is 0 Å². The Bertz CT molecular complexity index is 628. The summed E-state index contributed by atoms with van der Waals surface area (Å²) in [6, 6.07) is 0. The smallest absolute Gasteiger partial charge is 0.301 e. The van der Waals surface area contributed by atoms with Gasteiger partial charge in [-0.2, -0.15) is 0 Å². The van der Waals surface area contributed by atoms with Gasteiger partial charge in [0.05, 0.1) is 5.39 Å². The molecule has 1 amide bonds. The summed E-state index contributed by atoms with van der Waals surface area (Å²) in [5, 5.41) is 0.538. The van der Waals surface area contributed by atoms with E-state index in [0.717, 1.165) is 10.4 Å². The van der Waals surface area contributed by atoms with Gasteiger partial charge >= 0.3 is 5.91 Å². The minimum absolute atomic E-state index is 0.0683. The number of nitrogen functional groups attached to an aromatic ring is 1. The molecular weight excluding hydrogens is 228 g/mol. The van der Waals surface area contributed by atoms with Gasteiger partial charge in [0, 0.05) is 4.88 Å². The Morgan fingerprint density at radius 2 is 2.19 bits per heavy atom. The number of rotatable bonds is 1. The van der Waals surface area contributed by atoms with Crippen LogP contribution in [-0.2, 0) is 0 Å². The van der Waals surface area contributed by atoms with Gasteiger partial charge in [0.2, 0.25) is 5.82 Å². The summed E-state index contributed by atoms with van der Waals surface area (Å²) in [6.07, 6.45) is 0. The van der Waals surface area contributed by atoms with Crippen LogP contribution in [0, 0.1) is 13.8 Å². The summed E-state index contributed by atoms with van der Waals surface area (Å²) in [7, 11) is 0. The number of carbonyl (C=O) groups excluding carboxylic acids is 1. The van der Waals surface area contributed by atoms with Gasteiger partial charge in [-0.1, -0.05) is 0 Å². The largest absolute Gasteiger partial charge is 0.302 e. The molecule has 0 radical (unpaired) electrons. The van der Waals surface area contributed by atoms with Crippen LogP contribution in [0.4, 0.5) is 0 Å². The van der Waals surface area contributed by atoms with Crippen molar-refractivity contribution in [1.82, 2.24) is 15.4 Å². The Kier molecular flexibility index (Phi) is 2.49. The molecule has 2 heterocycles. The molecular formula is C9H10N4O2S. The molecule has 0 bridgehead atoms. The zero-order valence-corrected chi connectivity index (χ0v) is 9.57. The van der Waals surface area contributed by atoms with Gasteiger partial charge in [-0.15, -0.1) is 11.3 Å². The normalized spacial score (nSPS) is 10.7. The van der Waals surface area contributed by atoms with Gasteiger partial charge in [-0.05, 0) is 19.4 Å². The molecule has 16 heavy (non-hydrogen) atoms. The average Bonchev–Trinajstić information content (AvgIpc) is 2.54. The number of nitrogens with one attached hydrogen (secondary N) is 2. The molecule has 7 heteroatoms. The molecule has 6 nitrogen and oxygen atoms in total. The molecule has 2 aromatic heterocycles. The lowest BCUT2D eigenvalue weighted by Crippen LogP contribution is -2.33. The van der Waals surface area contributed by atoms with Crippen LogP contribution in [0.3, 0.4) is 0 Å². The van der Waals surface area contributed by atoms with E-state index >= 15 is 0 Å². The highest BCUT2D eigenvalue weighted by atomic mass is 32.1. The number of nitrogens with zero attached hydrogens (tertiary/aromatic N) is 1. The first-order chi connectivity index (χ1) is 7.54. The fourth-order valence-electron chi connectivity index (χ4n) is 1.43. The molecule has 84 valence electrons. The number of hydrazine groups is 1. The van der Waals surface area contributed by atoms with Crippen LogP contribution in [0.2, 0.25) is 0 Å². The number of aromatic amines is 1. The van der Waals surface area contributed by atoms with Gasteiger partial charge in [0.25, 0.3) is 5.56 Å². The fraction of sp³-hybridized carbons (Fsp3) is 0.222. The predicted molar refractivity (Wildman–Crippen MR) is 61.4 cm³/mol. The monoisotopic (exact) mass is 238 g/mol. The summed E-state index contributed by atoms with van der Waals surface area (Å²) in [5.74, 6) is 4.30. The second kappa shape index (κ2) is 3.69. The fourth-order valence-corrected chi connectivity index (χ4v) is 2.46. The summed E-state index contributed by atoms with van der Waals surface area (Å²) >= 11 is 1.38. The molecule has 2 rings (SSSR count). The number of thiophene rings is 1. The molecule has 0 saturated carbocycles. The van der Waals surface area contributed by atoms with Crippen molar-refractivity contribution in [2.45, 2.75) is 13.8 Å². The number of hydrogen-bond acceptors (Lipinski definition) is 5. The number of nitrogens with two attached hydrogens (primary N) is 1. The maximum absolute atomic E-state index is 11.7. The second-order valence-corrected chi connectivity index (χ2v) is 4.55. The first-order valence-electron chi connectivity index (χ1n) is 4.55. The van der Waals surface area contributed by atoms with Crippen molar-refractivity contribution in [2.24, 2.45) is 5.84 Å². The quantitative estimate of drug-likeness (QED) is 0.375. The number of carbonyl (C=O) groups is 1. The lowest BCUT2D eigenvalue weighted by molar-refractivity contribution is 0.0943. The third-order valence-electron chi connectivity index (χ3n) is 2.39. The second-order valence-electron chi connectivity index (χ2n) is 3.35. The lowest BCUT2D eigenvalue weighted by atomic mass is 10.2. The molecule has 0 aliphatic rings. The lowest BCUT2D eigenvalue weighted by Gasteiger charge is -1.98. The summed E-state index contributed by atoms with van der Waals surface area (Å²) in [6.45, 7) is 3.76. The van der Waals surface area contributed by atoms with Crippen LogP contribution < -0.4 is 16.8 Å². The highest BCUT2D eigenvalue weighted by Gasteiger charge is 2.14. The third kappa shape index (κ3) is 1.50. The van der Waals surface area contributed by atoms with Crippen LogP contribution in [0.1, 0.15) is 21.1 Å². The highest BCUT2D eigenvalue weighted by Crippen LogP contribution is 2.25. The minimum atomic E-state index is -0.609. The van der Waals surface area contributed by atoms with E-state index in [2.05, 4.69) is 9.97 Å². The van der Waals surface area contributed by atoms with Gasteiger partial charge in [0.15, 0.2) is 0 Å². The molecule has 0 spiro atoms. The zero-order chi connectivity index (χ0) is 11.9. The SMILES string of the molecule is Cc1sc2nc(C(=O)NN)[nH]c(=O)c2c1C. The van der Waals surface area contributed by atoms with Crippen molar-refractivity contribution in [3.8, 4) is 0 Å². The molecule has 2 aromatic rings. The third-order valence-corrected chi connectivity index (χ3v) is 3.49. The summed E-state index contributed by atoms with van der Waals surface area (Å²) in [5.41, 5.74) is 2.51. The average molecular weight is 238 g/mol. The highest BCUT2D eigenvalue weighted by molar-refractivity contribution is 7.18. The maximum atomic E-state index is 11.7. The van der Waals surface area contributed by atoms with Crippen molar-refractivity contribution < 1.29 is 4.79 Å². The van der Waals surface area contributed by atoms with Crippen LogP contribution in [0.25, 0.3) is 10.2 Å². The number of fused-ring (bicyclic) bond motifs is 1. The van der Waals surface area contributed by atoms with Crippen LogP contribution >= 0.6 is 11.3 Å². The Hall–Kier alpha value is -1.73. The number of aryl methyl sites for hydroxylation is 2. The van der Waals surface area contributed by atoms with Crippen molar-refractivity contribution in [2.75, 3.05) is 0 Å². The molecule has 0 fully saturated rings. The van der Waals surface area contributed by atoms with E-state index < -0.39 is 5.91 Å². The Morgan fingerprint density at radius 1 is 1.50 bits per heavy atom. The number of amides is 1. The number of aromatic nitrogens is 2. The summed E-state index contributed by atoms with van der Waals surface area (Å²) in [4.78, 5) is 31.0. The van der Waals surface area contributed by atoms with Crippen LogP contribution in [0.15, 0.2) is 4.79 Å². The van der Waals surface area contributed by atoms with E-state index in [4.69, 9.17) is 5.84 Å². The molecule has 0 unspecified atom stereocenters. The van der Waals surface area contributed by atoms with Gasteiger partial charge in [-0.25, -0.2) is 10.8 Å². The van der Waals surface area contributed by atoms with Gasteiger partial charge in [-0.3, -0.25) is 15.0 Å². The first-order valence-corrected chi connectivity index (χ1v) is 5.37. The van der Waals surface area contributed by atoms with Crippen molar-refractivity contribution in [3.05, 3.63) is 26.6 Å². The summed E-state index contributed by atoms with van der Waals surface area (Å²) < 4.78 is 0. The Labute approximate surface area is 94.5 Å². The molecule has 0 atom stereocenters. The number of H-pyrrole nitrogens is 1. The Morgan fingerprint density at radius 3 is 2.81 bits per heavy atom. The van der Waals surface area contributed by atoms with E-state index in [9.17, 15) is 9.59 Å².